The van der Waals surface area contributed by atoms with Crippen molar-refractivity contribution in [2.45, 2.75) is 0 Å². The third kappa shape index (κ3) is 1.36. The number of hydrogen-bond donors (Lipinski definition) is 1. The van der Waals surface area contributed by atoms with Crippen LogP contribution in [-0.2, 0) is 0 Å². The van der Waals surface area contributed by atoms with Crippen LogP contribution < -0.4 is 9.58 Å². The van der Waals surface area contributed by atoms with Gasteiger partial charge >= 0.3 is 11.3 Å². The normalized spacial score (nSPS) is 10.8. The molecule has 0 aliphatic carbocycles. The van der Waals surface area contributed by atoms with Crippen LogP contribution in [0.1, 0.15) is 0 Å². The second-order valence-corrected chi connectivity index (χ2v) is 3.44. The summed E-state index contributed by atoms with van der Waals surface area (Å²) in [5, 5.41) is 33.8. The van der Waals surface area contributed by atoms with Crippen molar-refractivity contribution in [2.24, 2.45) is 0 Å². The average Bonchev–Trinajstić information content (AvgIpc) is 2.87. The monoisotopic (exact) mass is 229 g/mol. The molecule has 0 bridgehead atoms. The van der Waals surface area contributed by atoms with Crippen LogP contribution in [0, 0.1) is 10.4 Å². The van der Waals surface area contributed by atoms with Crippen molar-refractivity contribution in [3.63, 3.8) is 0 Å². The Morgan fingerprint density at radius 1 is 1.06 bits per heavy atom. The van der Waals surface area contributed by atoms with Gasteiger partial charge in [-0.2, -0.15) is 5.10 Å². The van der Waals surface area contributed by atoms with E-state index in [2.05, 4.69) is 15.3 Å². The summed E-state index contributed by atoms with van der Waals surface area (Å²) in [5.41, 5.74) is 0.813. The standard InChI is InChI=1S/C10H7N5O2/c16-14-8-3-1-2-4-9(8)15(17)13-10(14)7-5-6-11-12-7/h1-6H,(H,11,12). The van der Waals surface area contributed by atoms with Gasteiger partial charge in [0.2, 0.25) is 10.6 Å². The van der Waals surface area contributed by atoms with E-state index < -0.39 is 0 Å². The van der Waals surface area contributed by atoms with Gasteiger partial charge in [0, 0.05) is 12.3 Å². The van der Waals surface area contributed by atoms with Crippen molar-refractivity contribution in [2.75, 3.05) is 0 Å². The molecular weight excluding hydrogens is 222 g/mol. The number of nitrogens with one attached hydrogen (secondary N) is 1. The average molecular weight is 229 g/mol. The Kier molecular flexibility index (Phi) is 1.91. The molecule has 7 heteroatoms. The summed E-state index contributed by atoms with van der Waals surface area (Å²) in [6.07, 6.45) is 1.56. The summed E-state index contributed by atoms with van der Waals surface area (Å²) < 4.78 is 0.597. The minimum atomic E-state index is -0.0278. The number of fused-ring (bicyclic) bond motifs is 1. The van der Waals surface area contributed by atoms with E-state index in [0.717, 1.165) is 0 Å². The fraction of sp³-hybridized carbons (Fsp3) is 0. The molecule has 1 aromatic carbocycles. The first-order valence-corrected chi connectivity index (χ1v) is 4.89. The fourth-order valence-electron chi connectivity index (χ4n) is 1.63. The minimum Gasteiger partial charge on any atom is -0.710 e. The van der Waals surface area contributed by atoms with Crippen LogP contribution in [0.15, 0.2) is 36.5 Å². The van der Waals surface area contributed by atoms with Gasteiger partial charge in [-0.25, -0.2) is 4.73 Å². The van der Waals surface area contributed by atoms with E-state index in [1.165, 1.54) is 6.07 Å². The van der Waals surface area contributed by atoms with Gasteiger partial charge in [0.15, 0.2) is 5.69 Å². The summed E-state index contributed by atoms with van der Waals surface area (Å²) >= 11 is 0. The first-order chi connectivity index (χ1) is 8.27. The van der Waals surface area contributed by atoms with Crippen molar-refractivity contribution in [1.29, 1.82) is 0 Å². The Labute approximate surface area is 95.1 Å². The highest BCUT2D eigenvalue weighted by atomic mass is 16.5. The van der Waals surface area contributed by atoms with E-state index in [0.29, 0.717) is 15.3 Å². The summed E-state index contributed by atoms with van der Waals surface area (Å²) in [6, 6.07) is 8.04. The van der Waals surface area contributed by atoms with Crippen molar-refractivity contribution in [3.05, 3.63) is 46.9 Å². The topological polar surface area (TPSA) is 95.4 Å². The zero-order valence-corrected chi connectivity index (χ0v) is 8.57. The molecule has 17 heavy (non-hydrogen) atoms. The zero-order chi connectivity index (χ0) is 11.8. The molecule has 0 aliphatic heterocycles. The third-order valence-corrected chi connectivity index (χ3v) is 2.41. The molecule has 1 N–H and O–H groups in total. The van der Waals surface area contributed by atoms with Gasteiger partial charge in [-0.15, -0.1) is 0 Å². The highest BCUT2D eigenvalue weighted by molar-refractivity contribution is 5.67. The van der Waals surface area contributed by atoms with Crippen LogP contribution in [0.25, 0.3) is 22.6 Å². The van der Waals surface area contributed by atoms with Gasteiger partial charge in [-0.05, 0) is 12.1 Å². The molecule has 2 aromatic heterocycles. The van der Waals surface area contributed by atoms with E-state index in [4.69, 9.17) is 0 Å². The van der Waals surface area contributed by atoms with Crippen molar-refractivity contribution >= 4 is 11.0 Å². The molecular formula is C10H7N5O2. The zero-order valence-electron chi connectivity index (χ0n) is 8.57. The Bertz CT molecular complexity index is 680. The molecule has 0 spiro atoms. The SMILES string of the molecule is [O-][n+]1nc(-c2cc[nH]n2)[n+]([O-])c2ccccc21. The lowest BCUT2D eigenvalue weighted by atomic mass is 10.3. The molecule has 0 radical (unpaired) electrons. The second-order valence-electron chi connectivity index (χ2n) is 3.44. The summed E-state index contributed by atoms with van der Waals surface area (Å²) in [4.78, 5) is 0.424. The van der Waals surface area contributed by atoms with Crippen LogP contribution in [0.4, 0.5) is 0 Å². The van der Waals surface area contributed by atoms with Gasteiger partial charge in [0.05, 0.1) is 4.85 Å². The summed E-state index contributed by atoms with van der Waals surface area (Å²) in [7, 11) is 0. The second kappa shape index (κ2) is 3.41. The molecule has 0 atom stereocenters. The molecule has 2 heterocycles. The van der Waals surface area contributed by atoms with E-state index in [1.54, 1.807) is 30.5 Å². The Hall–Kier alpha value is -2.70. The number of benzene rings is 1. The van der Waals surface area contributed by atoms with Gasteiger partial charge in [0.25, 0.3) is 0 Å². The van der Waals surface area contributed by atoms with Gasteiger partial charge in [-0.3, -0.25) is 5.10 Å². The molecule has 7 nitrogen and oxygen atoms in total. The quantitative estimate of drug-likeness (QED) is 0.465. The lowest BCUT2D eigenvalue weighted by Crippen LogP contribution is -2.43. The van der Waals surface area contributed by atoms with E-state index in [9.17, 15) is 10.4 Å². The van der Waals surface area contributed by atoms with Crippen molar-refractivity contribution in [1.82, 2.24) is 15.3 Å². The lowest BCUT2D eigenvalue weighted by molar-refractivity contribution is -0.674. The Balaban J connectivity index is 2.39. The largest absolute Gasteiger partial charge is 0.710 e. The maximum Gasteiger partial charge on any atom is 0.429 e. The number of aromatic nitrogens is 5. The molecule has 3 aromatic rings. The van der Waals surface area contributed by atoms with Gasteiger partial charge in [-0.1, -0.05) is 12.1 Å². The Morgan fingerprint density at radius 3 is 2.53 bits per heavy atom. The number of aromatic amines is 1. The number of H-pyrrole nitrogens is 1. The first-order valence-electron chi connectivity index (χ1n) is 4.89. The lowest BCUT2D eigenvalue weighted by Gasteiger charge is -2.05. The smallest absolute Gasteiger partial charge is 0.429 e. The van der Waals surface area contributed by atoms with Crippen LogP contribution >= 0.6 is 0 Å². The van der Waals surface area contributed by atoms with Crippen molar-refractivity contribution < 1.29 is 9.58 Å². The number of rotatable bonds is 1. The number of hydrogen-bond acceptors (Lipinski definition) is 4. The van der Waals surface area contributed by atoms with E-state index >= 15 is 0 Å². The molecule has 0 saturated heterocycles. The van der Waals surface area contributed by atoms with Gasteiger partial charge in [0.1, 0.15) is 0 Å². The molecule has 0 saturated carbocycles. The molecule has 84 valence electrons. The molecule has 3 rings (SSSR count). The van der Waals surface area contributed by atoms with Crippen LogP contribution in [0.5, 0.6) is 0 Å². The first kappa shape index (κ1) is 9.52. The number of para-hydroxylation sites is 2. The van der Waals surface area contributed by atoms with E-state index in [1.807, 2.05) is 0 Å². The predicted octanol–water partition coefficient (Wildman–Crippen LogP) is -0.108. The maximum atomic E-state index is 12.0. The molecule has 0 unspecified atom stereocenters. The molecule has 0 amide bonds. The summed E-state index contributed by atoms with van der Waals surface area (Å²) in [5.74, 6) is -0.0278. The number of nitrogens with zero attached hydrogens (tertiary/aromatic N) is 4. The molecule has 0 aliphatic rings. The highest BCUT2D eigenvalue weighted by Gasteiger charge is 2.24. The van der Waals surface area contributed by atoms with Crippen LogP contribution in [0.3, 0.4) is 0 Å². The van der Waals surface area contributed by atoms with Crippen molar-refractivity contribution in [3.8, 4) is 11.5 Å². The summed E-state index contributed by atoms with van der Waals surface area (Å²) in [6.45, 7) is 0. The van der Waals surface area contributed by atoms with E-state index in [-0.39, 0.29) is 16.9 Å². The molecule has 0 fully saturated rings. The maximum absolute atomic E-state index is 12.0. The Morgan fingerprint density at radius 2 is 1.82 bits per heavy atom. The predicted molar refractivity (Wildman–Crippen MR) is 57.2 cm³/mol. The fourth-order valence-corrected chi connectivity index (χ4v) is 1.63. The van der Waals surface area contributed by atoms with Crippen LogP contribution in [-0.4, -0.2) is 15.3 Å². The van der Waals surface area contributed by atoms with Gasteiger partial charge < -0.3 is 10.4 Å². The third-order valence-electron chi connectivity index (χ3n) is 2.41. The highest BCUT2D eigenvalue weighted by Crippen LogP contribution is 2.10. The minimum absolute atomic E-state index is 0.0278. The van der Waals surface area contributed by atoms with Crippen LogP contribution in [0.2, 0.25) is 0 Å².